The van der Waals surface area contributed by atoms with E-state index >= 15 is 0 Å². The van der Waals surface area contributed by atoms with Gasteiger partial charge in [0.15, 0.2) is 0 Å². The number of esters is 1. The number of carbonyl (C=O) groups is 2. The van der Waals surface area contributed by atoms with Gasteiger partial charge in [-0.25, -0.2) is 9.48 Å². The third kappa shape index (κ3) is 6.73. The maximum absolute atomic E-state index is 14.8. The Hall–Kier alpha value is -4.40. The number of nitrogens with two attached hydrogens (primary N) is 1. The number of aryl methyl sites for hydroxylation is 1. The monoisotopic (exact) mass is 643 g/mol. The number of rotatable bonds is 8. The van der Waals surface area contributed by atoms with Crippen LogP contribution in [0.5, 0.6) is 5.88 Å². The number of nitrogen functional groups attached to an aromatic ring is 1. The number of ether oxygens (including phenoxy) is 2. The van der Waals surface area contributed by atoms with E-state index in [1.165, 1.54) is 35.1 Å². The molecule has 2 aromatic heterocycles. The number of nitrogens with zero attached hydrogens (tertiary/aromatic N) is 5. The number of nitrogens with one attached hydrogen (secondary N) is 1. The Morgan fingerprint density at radius 2 is 1.87 bits per heavy atom. The zero-order chi connectivity index (χ0) is 32.6. The number of halogens is 3. The molecule has 1 unspecified atom stereocenters. The second-order valence-electron chi connectivity index (χ2n) is 12.4. The predicted molar refractivity (Wildman–Crippen MR) is 160 cm³/mol. The van der Waals surface area contributed by atoms with E-state index in [0.717, 1.165) is 25.7 Å². The van der Waals surface area contributed by atoms with Gasteiger partial charge in [-0.15, -0.1) is 0 Å². The zero-order valence-electron chi connectivity index (χ0n) is 25.3. The number of piperidine rings is 1. The number of hydrogen-bond acceptors (Lipinski definition) is 10. The minimum absolute atomic E-state index is 0.00437. The number of aromatic nitrogens is 4. The van der Waals surface area contributed by atoms with E-state index in [0.29, 0.717) is 50.4 Å². The summed E-state index contributed by atoms with van der Waals surface area (Å²) in [5.74, 6) is -1.81. The van der Waals surface area contributed by atoms with Crippen molar-refractivity contribution < 1.29 is 37.3 Å². The highest BCUT2D eigenvalue weighted by Crippen LogP contribution is 2.42. The molecule has 0 radical (unpaired) electrons. The zero-order valence-corrected chi connectivity index (χ0v) is 25.3. The highest BCUT2D eigenvalue weighted by atomic mass is 19.4. The molecule has 1 aromatic carbocycles. The van der Waals surface area contributed by atoms with Crippen molar-refractivity contribution >= 4 is 23.7 Å². The van der Waals surface area contributed by atoms with Crippen molar-refractivity contribution in [2.24, 2.45) is 5.41 Å². The van der Waals surface area contributed by atoms with Crippen molar-refractivity contribution in [2.75, 3.05) is 30.3 Å². The lowest BCUT2D eigenvalue weighted by atomic mass is 9.76. The number of carbonyl (C=O) groups excluding carboxylic acids is 1. The Morgan fingerprint density at radius 3 is 2.50 bits per heavy atom. The molecular weight excluding hydrogens is 607 g/mol. The van der Waals surface area contributed by atoms with Gasteiger partial charge in [-0.3, -0.25) is 4.79 Å². The van der Waals surface area contributed by atoms with E-state index in [9.17, 15) is 27.9 Å². The second kappa shape index (κ2) is 12.4. The largest absolute Gasteiger partial charge is 0.480 e. The standard InChI is InChI=1S/C31H36F3N7O5/c1-18-8-11-41(39-18)23-14-19(28(44)45-20-4-2-3-5-20)6-7-21(23)26(31(32,33)34)46-25-15-24(37-29(35)38-25)40-12-9-30(10-13-40)16-22(27(42)43)36-17-30/h6-8,11,14-15,20,22,26,36H,2-5,9-10,12-13,16-17H2,1H3,(H,42,43)(H2,35,37,38)/t22?,26-/m1/s1. The van der Waals surface area contributed by atoms with E-state index in [1.807, 2.05) is 4.90 Å². The van der Waals surface area contributed by atoms with Crippen molar-refractivity contribution in [1.29, 1.82) is 0 Å². The number of carboxylic acid groups (broad SMARTS) is 1. The van der Waals surface area contributed by atoms with Gasteiger partial charge in [0.25, 0.3) is 0 Å². The van der Waals surface area contributed by atoms with Crippen LogP contribution in [-0.4, -0.2) is 74.7 Å². The van der Waals surface area contributed by atoms with Crippen LogP contribution in [0.4, 0.5) is 24.9 Å². The van der Waals surface area contributed by atoms with E-state index in [2.05, 4.69) is 20.4 Å². The lowest BCUT2D eigenvalue weighted by molar-refractivity contribution is -0.198. The Kier molecular flexibility index (Phi) is 8.53. The smallest absolute Gasteiger partial charge is 0.429 e. The minimum atomic E-state index is -4.89. The maximum atomic E-state index is 14.8. The van der Waals surface area contributed by atoms with E-state index in [-0.39, 0.29) is 40.2 Å². The second-order valence-corrected chi connectivity index (χ2v) is 12.4. The van der Waals surface area contributed by atoms with Crippen molar-refractivity contribution in [2.45, 2.75) is 76.3 Å². The minimum Gasteiger partial charge on any atom is -0.480 e. The molecule has 15 heteroatoms. The van der Waals surface area contributed by atoms with Gasteiger partial charge in [0.1, 0.15) is 18.0 Å². The number of anilines is 2. The fourth-order valence-electron chi connectivity index (χ4n) is 6.63. The van der Waals surface area contributed by atoms with Crippen LogP contribution in [0, 0.1) is 12.3 Å². The molecule has 3 aromatic rings. The van der Waals surface area contributed by atoms with Crippen LogP contribution in [-0.2, 0) is 9.53 Å². The molecule has 2 atom stereocenters. The molecule has 12 nitrogen and oxygen atoms in total. The van der Waals surface area contributed by atoms with Crippen molar-refractivity contribution in [3.63, 3.8) is 0 Å². The molecule has 0 amide bonds. The van der Waals surface area contributed by atoms with Crippen LogP contribution in [0.15, 0.2) is 36.5 Å². The summed E-state index contributed by atoms with van der Waals surface area (Å²) in [5.41, 5.74) is 6.17. The molecule has 1 saturated carbocycles. The highest BCUT2D eigenvalue weighted by molar-refractivity contribution is 5.90. The average molecular weight is 644 g/mol. The van der Waals surface area contributed by atoms with Gasteiger partial charge >= 0.3 is 18.1 Å². The number of alkyl halides is 3. The Balaban J connectivity index is 1.27. The molecule has 1 aliphatic carbocycles. The van der Waals surface area contributed by atoms with Crippen molar-refractivity contribution in [3.8, 4) is 11.6 Å². The third-order valence-electron chi connectivity index (χ3n) is 9.14. The van der Waals surface area contributed by atoms with Gasteiger partial charge in [0, 0.05) is 37.5 Å². The molecular formula is C31H36F3N7O5. The summed E-state index contributed by atoms with van der Waals surface area (Å²) in [6, 6.07) is 6.20. The number of aliphatic carboxylic acids is 1. The molecule has 3 fully saturated rings. The van der Waals surface area contributed by atoms with Gasteiger partial charge < -0.3 is 30.5 Å². The van der Waals surface area contributed by atoms with Crippen molar-refractivity contribution in [3.05, 3.63) is 53.3 Å². The first-order chi connectivity index (χ1) is 21.9. The molecule has 0 bridgehead atoms. The van der Waals surface area contributed by atoms with Crippen LogP contribution >= 0.6 is 0 Å². The lowest BCUT2D eigenvalue weighted by Gasteiger charge is -2.39. The fourth-order valence-corrected chi connectivity index (χ4v) is 6.63. The topological polar surface area (TPSA) is 158 Å². The summed E-state index contributed by atoms with van der Waals surface area (Å²) >= 11 is 0. The number of hydrogen-bond donors (Lipinski definition) is 3. The Bertz CT molecular complexity index is 1600. The lowest BCUT2D eigenvalue weighted by Crippen LogP contribution is -2.41. The number of benzene rings is 1. The summed E-state index contributed by atoms with van der Waals surface area (Å²) in [5, 5.41) is 16.7. The molecule has 2 aliphatic heterocycles. The fraction of sp³-hybridized carbons (Fsp3) is 0.516. The van der Waals surface area contributed by atoms with E-state index in [4.69, 9.17) is 15.2 Å². The Labute approximate surface area is 263 Å². The predicted octanol–water partition coefficient (Wildman–Crippen LogP) is 4.37. The van der Waals surface area contributed by atoms with Crippen molar-refractivity contribution in [1.82, 2.24) is 25.1 Å². The SMILES string of the molecule is Cc1ccn(-c2cc(C(=O)OC3CCCC3)ccc2[C@@H](Oc2cc(N3CCC4(CC3)CNC(C(=O)O)C4)nc(N)n2)C(F)(F)F)n1. The summed E-state index contributed by atoms with van der Waals surface area (Å²) in [7, 11) is 0. The first kappa shape index (κ1) is 31.6. The third-order valence-corrected chi connectivity index (χ3v) is 9.14. The summed E-state index contributed by atoms with van der Waals surface area (Å²) in [4.78, 5) is 34.5. The van der Waals surface area contributed by atoms with Gasteiger partial charge in [0.05, 0.1) is 16.9 Å². The average Bonchev–Trinajstić information content (AvgIpc) is 3.78. The quantitative estimate of drug-likeness (QED) is 0.300. The summed E-state index contributed by atoms with van der Waals surface area (Å²) < 4.78 is 56.7. The van der Waals surface area contributed by atoms with E-state index in [1.54, 1.807) is 13.0 Å². The van der Waals surface area contributed by atoms with Gasteiger partial charge in [-0.05, 0) is 75.5 Å². The van der Waals surface area contributed by atoms with Crippen LogP contribution in [0.3, 0.4) is 0 Å². The molecule has 6 rings (SSSR count). The first-order valence-electron chi connectivity index (χ1n) is 15.4. The van der Waals surface area contributed by atoms with Gasteiger partial charge in [-0.1, -0.05) is 6.07 Å². The van der Waals surface area contributed by atoms with Crippen LogP contribution in [0.2, 0.25) is 0 Å². The Morgan fingerprint density at radius 1 is 1.13 bits per heavy atom. The summed E-state index contributed by atoms with van der Waals surface area (Å²) in [6.45, 7) is 3.30. The number of carboxylic acids is 1. The molecule has 4 N–H and O–H groups in total. The van der Waals surface area contributed by atoms with E-state index < -0.39 is 30.3 Å². The van der Waals surface area contributed by atoms with Crippen LogP contribution < -0.4 is 20.7 Å². The van der Waals surface area contributed by atoms with Crippen LogP contribution in [0.25, 0.3) is 5.69 Å². The molecule has 246 valence electrons. The molecule has 46 heavy (non-hydrogen) atoms. The highest BCUT2D eigenvalue weighted by Gasteiger charge is 2.46. The first-order valence-corrected chi connectivity index (χ1v) is 15.4. The molecule has 2 saturated heterocycles. The van der Waals surface area contributed by atoms with Gasteiger partial charge in [-0.2, -0.15) is 28.2 Å². The molecule has 3 aliphatic rings. The molecule has 4 heterocycles. The van der Waals surface area contributed by atoms with Crippen LogP contribution in [0.1, 0.15) is 72.7 Å². The summed E-state index contributed by atoms with van der Waals surface area (Å²) in [6.07, 6.45) is -0.799. The maximum Gasteiger partial charge on any atom is 0.429 e. The molecule has 1 spiro atoms. The normalized spacial score (nSPS) is 20.6. The van der Waals surface area contributed by atoms with Gasteiger partial charge in [0.2, 0.25) is 17.9 Å².